The third-order valence-corrected chi connectivity index (χ3v) is 3.07. The Hall–Kier alpha value is -1.06. The van der Waals surface area contributed by atoms with E-state index in [2.05, 4.69) is 31.3 Å². The van der Waals surface area contributed by atoms with Gasteiger partial charge in [0.2, 0.25) is 0 Å². The number of hydrogen-bond donors (Lipinski definition) is 2. The maximum atomic E-state index is 10.6. The number of urea groups is 1. The van der Waals surface area contributed by atoms with E-state index < -0.39 is 6.03 Å². The van der Waals surface area contributed by atoms with Gasteiger partial charge in [0, 0.05) is 11.6 Å². The minimum atomic E-state index is -0.580. The summed E-state index contributed by atoms with van der Waals surface area (Å²) in [5.41, 5.74) is 8.46. The lowest BCUT2D eigenvalue weighted by Gasteiger charge is -2.30. The van der Waals surface area contributed by atoms with Gasteiger partial charge < -0.3 is 5.73 Å². The van der Waals surface area contributed by atoms with Gasteiger partial charge in [-0.25, -0.2) is 10.2 Å². The second kappa shape index (κ2) is 5.14. The van der Waals surface area contributed by atoms with Crippen LogP contribution < -0.4 is 11.2 Å². The van der Waals surface area contributed by atoms with Crippen LogP contribution in [0.2, 0.25) is 0 Å². The molecule has 1 aliphatic rings. The van der Waals surface area contributed by atoms with Crippen molar-refractivity contribution in [2.45, 2.75) is 40.0 Å². The summed E-state index contributed by atoms with van der Waals surface area (Å²) in [5, 5.41) is 4.13. The van der Waals surface area contributed by atoms with Crippen LogP contribution >= 0.6 is 0 Å². The molecule has 1 aliphatic carbocycles. The number of nitrogens with zero attached hydrogens (tertiary/aromatic N) is 1. The van der Waals surface area contributed by atoms with Crippen molar-refractivity contribution >= 4 is 11.7 Å². The predicted octanol–water partition coefficient (Wildman–Crippen LogP) is 2.10. The molecule has 15 heavy (non-hydrogen) atoms. The van der Waals surface area contributed by atoms with Crippen molar-refractivity contribution in [3.63, 3.8) is 0 Å². The zero-order chi connectivity index (χ0) is 11.4. The van der Waals surface area contributed by atoms with E-state index in [9.17, 15) is 4.79 Å². The van der Waals surface area contributed by atoms with Crippen molar-refractivity contribution in [3.8, 4) is 0 Å². The molecule has 0 aromatic heterocycles. The number of primary amides is 1. The van der Waals surface area contributed by atoms with Gasteiger partial charge in [-0.3, -0.25) is 0 Å². The predicted molar refractivity (Wildman–Crippen MR) is 61.5 cm³/mol. The fourth-order valence-electron chi connectivity index (χ4n) is 2.21. The van der Waals surface area contributed by atoms with Gasteiger partial charge in [-0.05, 0) is 31.1 Å². The maximum Gasteiger partial charge on any atom is 0.332 e. The molecule has 3 N–H and O–H groups in total. The van der Waals surface area contributed by atoms with Crippen molar-refractivity contribution in [3.05, 3.63) is 0 Å². The molecule has 0 aromatic carbocycles. The number of carbonyl (C=O) groups excluding carboxylic acids is 1. The highest BCUT2D eigenvalue weighted by Gasteiger charge is 2.27. The maximum absolute atomic E-state index is 10.6. The minimum absolute atomic E-state index is 0.494. The summed E-state index contributed by atoms with van der Waals surface area (Å²) in [6.45, 7) is 6.61. The summed E-state index contributed by atoms with van der Waals surface area (Å²) in [4.78, 5) is 10.6. The first-order valence-electron chi connectivity index (χ1n) is 5.62. The Bertz CT molecular complexity index is 261. The molecule has 4 heteroatoms. The van der Waals surface area contributed by atoms with E-state index in [1.807, 2.05) is 0 Å². The van der Waals surface area contributed by atoms with Crippen LogP contribution in [0.25, 0.3) is 0 Å². The van der Waals surface area contributed by atoms with Crippen molar-refractivity contribution < 1.29 is 4.79 Å². The summed E-state index contributed by atoms with van der Waals surface area (Å²) < 4.78 is 0. The minimum Gasteiger partial charge on any atom is -0.350 e. The molecule has 0 saturated heterocycles. The van der Waals surface area contributed by atoms with E-state index in [-0.39, 0.29) is 0 Å². The highest BCUT2D eigenvalue weighted by atomic mass is 16.2. The molecule has 86 valence electrons. The Morgan fingerprint density at radius 1 is 1.53 bits per heavy atom. The van der Waals surface area contributed by atoms with Crippen LogP contribution in [0, 0.1) is 17.8 Å². The van der Waals surface area contributed by atoms with E-state index in [0.29, 0.717) is 17.8 Å². The van der Waals surface area contributed by atoms with Crippen LogP contribution in [0.1, 0.15) is 40.0 Å². The molecular weight excluding hydrogens is 190 g/mol. The number of rotatable bonds is 2. The first kappa shape index (κ1) is 12.0. The largest absolute Gasteiger partial charge is 0.350 e. The Morgan fingerprint density at radius 3 is 2.73 bits per heavy atom. The molecule has 0 heterocycles. The third-order valence-electron chi connectivity index (χ3n) is 3.07. The van der Waals surface area contributed by atoms with Gasteiger partial charge in [-0.2, -0.15) is 5.10 Å². The highest BCUT2D eigenvalue weighted by molar-refractivity contribution is 5.88. The quantitative estimate of drug-likeness (QED) is 0.675. The number of nitrogens with one attached hydrogen (secondary N) is 1. The van der Waals surface area contributed by atoms with Crippen molar-refractivity contribution in [2.24, 2.45) is 28.6 Å². The van der Waals surface area contributed by atoms with E-state index in [4.69, 9.17) is 5.73 Å². The smallest absolute Gasteiger partial charge is 0.332 e. The van der Waals surface area contributed by atoms with Crippen LogP contribution in [0.15, 0.2) is 5.10 Å². The molecule has 1 rings (SSSR count). The van der Waals surface area contributed by atoms with Gasteiger partial charge >= 0.3 is 6.03 Å². The van der Waals surface area contributed by atoms with Gasteiger partial charge in [0.1, 0.15) is 0 Å². The summed E-state index contributed by atoms with van der Waals surface area (Å²) >= 11 is 0. The summed E-state index contributed by atoms with van der Waals surface area (Å²) in [6.07, 6.45) is 3.39. The first-order chi connectivity index (χ1) is 7.00. The normalized spacial score (nSPS) is 29.5. The van der Waals surface area contributed by atoms with Gasteiger partial charge in [-0.1, -0.05) is 20.8 Å². The topological polar surface area (TPSA) is 67.5 Å². The van der Waals surface area contributed by atoms with Crippen LogP contribution in [0.5, 0.6) is 0 Å². The van der Waals surface area contributed by atoms with Crippen LogP contribution in [0.4, 0.5) is 4.79 Å². The molecule has 4 nitrogen and oxygen atoms in total. The molecule has 0 radical (unpaired) electrons. The van der Waals surface area contributed by atoms with Crippen LogP contribution in [0.3, 0.4) is 0 Å². The molecule has 0 aliphatic heterocycles. The Balaban J connectivity index is 2.69. The van der Waals surface area contributed by atoms with Gasteiger partial charge in [-0.15, -0.1) is 0 Å². The third kappa shape index (κ3) is 3.53. The lowest BCUT2D eigenvalue weighted by Crippen LogP contribution is -2.32. The average Bonchev–Trinajstić information content (AvgIpc) is 2.14. The zero-order valence-electron chi connectivity index (χ0n) is 9.79. The average molecular weight is 211 g/mol. The van der Waals surface area contributed by atoms with E-state index in [1.54, 1.807) is 0 Å². The molecule has 2 atom stereocenters. The number of amides is 2. The van der Waals surface area contributed by atoms with E-state index >= 15 is 0 Å². The molecule has 0 aromatic rings. The number of nitrogens with two attached hydrogens (primary N) is 1. The van der Waals surface area contributed by atoms with Gasteiger partial charge in [0.25, 0.3) is 0 Å². The number of carbonyl (C=O) groups is 1. The number of hydrazone groups is 1. The molecule has 0 unspecified atom stereocenters. The molecule has 2 amide bonds. The van der Waals surface area contributed by atoms with Crippen molar-refractivity contribution in [2.75, 3.05) is 0 Å². The Kier molecular flexibility index (Phi) is 4.12. The fourth-order valence-corrected chi connectivity index (χ4v) is 2.21. The fraction of sp³-hybridized carbons (Fsp3) is 0.818. The SMILES string of the molecule is CC(C)[C@@H]1CC[C@@H](C)C/C1=N\NC(N)=O. The molecule has 0 spiro atoms. The van der Waals surface area contributed by atoms with Crippen LogP contribution in [-0.2, 0) is 0 Å². The van der Waals surface area contributed by atoms with Crippen molar-refractivity contribution in [1.29, 1.82) is 0 Å². The van der Waals surface area contributed by atoms with Gasteiger partial charge in [0.15, 0.2) is 0 Å². The van der Waals surface area contributed by atoms with Gasteiger partial charge in [0.05, 0.1) is 0 Å². The molecule has 0 bridgehead atoms. The van der Waals surface area contributed by atoms with E-state index in [1.165, 1.54) is 6.42 Å². The Morgan fingerprint density at radius 2 is 2.20 bits per heavy atom. The highest BCUT2D eigenvalue weighted by Crippen LogP contribution is 2.30. The summed E-state index contributed by atoms with van der Waals surface area (Å²) in [6, 6.07) is -0.580. The number of hydrogen-bond acceptors (Lipinski definition) is 2. The Labute approximate surface area is 91.3 Å². The molecule has 1 saturated carbocycles. The first-order valence-corrected chi connectivity index (χ1v) is 5.62. The monoisotopic (exact) mass is 211 g/mol. The summed E-state index contributed by atoms with van der Waals surface area (Å²) in [5.74, 6) is 1.73. The second-order valence-corrected chi connectivity index (χ2v) is 4.82. The van der Waals surface area contributed by atoms with Crippen LogP contribution in [-0.4, -0.2) is 11.7 Å². The zero-order valence-corrected chi connectivity index (χ0v) is 9.79. The van der Waals surface area contributed by atoms with Crippen molar-refractivity contribution in [1.82, 2.24) is 5.43 Å². The molecule has 1 fully saturated rings. The second-order valence-electron chi connectivity index (χ2n) is 4.82. The standard InChI is InChI=1S/C11H21N3O/c1-7(2)9-5-4-8(3)6-10(9)13-14-11(12)15/h7-9H,4-6H2,1-3H3,(H3,12,14,15)/b13-10+/t8-,9+/m1/s1. The lowest BCUT2D eigenvalue weighted by atomic mass is 9.76. The molecular formula is C11H21N3O. The lowest BCUT2D eigenvalue weighted by molar-refractivity contribution is 0.249. The summed E-state index contributed by atoms with van der Waals surface area (Å²) in [7, 11) is 0. The van der Waals surface area contributed by atoms with E-state index in [0.717, 1.165) is 18.6 Å².